The number of rotatable bonds is 4. The van der Waals surface area contributed by atoms with Gasteiger partial charge in [-0.25, -0.2) is 13.1 Å². The first-order valence-electron chi connectivity index (χ1n) is 6.84. The van der Waals surface area contributed by atoms with Gasteiger partial charge in [-0.1, -0.05) is 12.1 Å². The van der Waals surface area contributed by atoms with Crippen LogP contribution in [0.15, 0.2) is 46.1 Å². The molecule has 1 aromatic heterocycles. The van der Waals surface area contributed by atoms with Crippen LogP contribution in [0.4, 0.5) is 0 Å². The van der Waals surface area contributed by atoms with E-state index in [0.717, 1.165) is 16.5 Å². The fourth-order valence-corrected chi connectivity index (χ4v) is 2.61. The molecule has 0 saturated carbocycles. The number of nitrogens with zero attached hydrogens (tertiary/aromatic N) is 2. The summed E-state index contributed by atoms with van der Waals surface area (Å²) in [7, 11) is -1.79. The van der Waals surface area contributed by atoms with E-state index in [0.29, 0.717) is 0 Å². The summed E-state index contributed by atoms with van der Waals surface area (Å²) in [4.78, 5) is 23.6. The minimum absolute atomic E-state index is 0.131. The summed E-state index contributed by atoms with van der Waals surface area (Å²) >= 11 is 0. The minimum atomic E-state index is -3.25. The van der Waals surface area contributed by atoms with Crippen molar-refractivity contribution in [3.05, 3.63) is 58.0 Å². The second-order valence-electron chi connectivity index (χ2n) is 5.22. The summed E-state index contributed by atoms with van der Waals surface area (Å²) in [5, 5.41) is 6.63. The molecule has 122 valence electrons. The molecule has 0 aliphatic carbocycles. The van der Waals surface area contributed by atoms with Gasteiger partial charge in [0.2, 0.25) is 0 Å². The van der Waals surface area contributed by atoms with Crippen LogP contribution in [0.1, 0.15) is 29.0 Å². The summed E-state index contributed by atoms with van der Waals surface area (Å²) in [6, 6.07) is 8.58. The van der Waals surface area contributed by atoms with Gasteiger partial charge in [0, 0.05) is 19.4 Å². The molecule has 1 N–H and O–H groups in total. The topological polar surface area (TPSA) is 98.1 Å². The predicted octanol–water partition coefficient (Wildman–Crippen LogP) is 0.675. The van der Waals surface area contributed by atoms with Gasteiger partial charge < -0.3 is 5.32 Å². The molecule has 0 aliphatic heterocycles. The standard InChI is InChI=1S/C15H17N3O4S/c1-10(11-4-6-12(7-5-11)23(3,21)22)16-15(20)13-8-9-14(19)18(2)17-13/h4-10H,1-3H3,(H,16,20). The van der Waals surface area contributed by atoms with E-state index >= 15 is 0 Å². The monoisotopic (exact) mass is 335 g/mol. The lowest BCUT2D eigenvalue weighted by atomic mass is 10.1. The Hall–Kier alpha value is -2.48. The van der Waals surface area contributed by atoms with Gasteiger partial charge in [-0.15, -0.1) is 0 Å². The van der Waals surface area contributed by atoms with Crippen LogP contribution >= 0.6 is 0 Å². The zero-order valence-corrected chi connectivity index (χ0v) is 13.8. The Balaban J connectivity index is 2.14. The smallest absolute Gasteiger partial charge is 0.272 e. The third-order valence-electron chi connectivity index (χ3n) is 3.35. The average Bonchev–Trinajstić information content (AvgIpc) is 2.49. The molecule has 1 unspecified atom stereocenters. The lowest BCUT2D eigenvalue weighted by Crippen LogP contribution is -2.30. The van der Waals surface area contributed by atoms with E-state index in [1.807, 2.05) is 0 Å². The third kappa shape index (κ3) is 4.04. The van der Waals surface area contributed by atoms with Crippen molar-refractivity contribution in [3.63, 3.8) is 0 Å². The highest BCUT2D eigenvalue weighted by atomic mass is 32.2. The third-order valence-corrected chi connectivity index (χ3v) is 4.48. The molecule has 0 saturated heterocycles. The number of nitrogens with one attached hydrogen (secondary N) is 1. The van der Waals surface area contributed by atoms with Gasteiger partial charge in [0.25, 0.3) is 11.5 Å². The van der Waals surface area contributed by atoms with Gasteiger partial charge in [-0.3, -0.25) is 9.59 Å². The number of aryl methyl sites for hydroxylation is 1. The Bertz CT molecular complexity index is 886. The van der Waals surface area contributed by atoms with E-state index in [2.05, 4.69) is 10.4 Å². The van der Waals surface area contributed by atoms with Crippen molar-refractivity contribution in [3.8, 4) is 0 Å². The number of hydrogen-bond acceptors (Lipinski definition) is 5. The molecular formula is C15H17N3O4S. The lowest BCUT2D eigenvalue weighted by Gasteiger charge is -2.14. The molecule has 1 atom stereocenters. The van der Waals surface area contributed by atoms with Crippen LogP contribution in [0.3, 0.4) is 0 Å². The molecule has 1 aromatic carbocycles. The van der Waals surface area contributed by atoms with Gasteiger partial charge >= 0.3 is 0 Å². The van der Waals surface area contributed by atoms with Gasteiger partial charge in [-0.2, -0.15) is 5.10 Å². The van der Waals surface area contributed by atoms with E-state index < -0.39 is 15.7 Å². The molecule has 0 fully saturated rings. The van der Waals surface area contributed by atoms with Crippen molar-refractivity contribution in [2.75, 3.05) is 6.26 Å². The van der Waals surface area contributed by atoms with Crippen molar-refractivity contribution < 1.29 is 13.2 Å². The summed E-state index contributed by atoms with van der Waals surface area (Å²) < 4.78 is 23.9. The molecule has 2 aromatic rings. The summed E-state index contributed by atoms with van der Waals surface area (Å²) in [6.45, 7) is 1.77. The largest absolute Gasteiger partial charge is 0.344 e. The second kappa shape index (κ2) is 6.33. The second-order valence-corrected chi connectivity index (χ2v) is 7.23. The van der Waals surface area contributed by atoms with E-state index in [9.17, 15) is 18.0 Å². The Kier molecular flexibility index (Phi) is 4.65. The lowest BCUT2D eigenvalue weighted by molar-refractivity contribution is 0.0932. The van der Waals surface area contributed by atoms with Crippen molar-refractivity contribution in [1.29, 1.82) is 0 Å². The maximum absolute atomic E-state index is 12.1. The Morgan fingerprint density at radius 1 is 1.17 bits per heavy atom. The Morgan fingerprint density at radius 2 is 1.78 bits per heavy atom. The molecule has 23 heavy (non-hydrogen) atoms. The van der Waals surface area contributed by atoms with Gasteiger partial charge in [-0.05, 0) is 30.7 Å². The van der Waals surface area contributed by atoms with Gasteiger partial charge in [0.1, 0.15) is 5.69 Å². The van der Waals surface area contributed by atoms with Crippen molar-refractivity contribution in [2.24, 2.45) is 7.05 Å². The number of aromatic nitrogens is 2. The van der Waals surface area contributed by atoms with Crippen LogP contribution in [0.5, 0.6) is 0 Å². The molecular weight excluding hydrogens is 318 g/mol. The highest BCUT2D eigenvalue weighted by Crippen LogP contribution is 2.16. The molecule has 7 nitrogen and oxygen atoms in total. The zero-order chi connectivity index (χ0) is 17.2. The minimum Gasteiger partial charge on any atom is -0.344 e. The van der Waals surface area contributed by atoms with Crippen LogP contribution in [-0.4, -0.2) is 30.4 Å². The molecule has 0 spiro atoms. The quantitative estimate of drug-likeness (QED) is 0.886. The normalized spacial score (nSPS) is 12.7. The Morgan fingerprint density at radius 3 is 2.30 bits per heavy atom. The highest BCUT2D eigenvalue weighted by molar-refractivity contribution is 7.90. The SMILES string of the molecule is CC(NC(=O)c1ccc(=O)n(C)n1)c1ccc(S(C)(=O)=O)cc1. The van der Waals surface area contributed by atoms with Crippen LogP contribution < -0.4 is 10.9 Å². The maximum atomic E-state index is 12.1. The van der Waals surface area contributed by atoms with E-state index in [-0.39, 0.29) is 22.2 Å². The zero-order valence-electron chi connectivity index (χ0n) is 13.0. The number of benzene rings is 1. The molecule has 1 amide bonds. The number of sulfone groups is 1. The number of hydrogen-bond donors (Lipinski definition) is 1. The fourth-order valence-electron chi connectivity index (χ4n) is 1.98. The molecule has 2 rings (SSSR count). The van der Waals surface area contributed by atoms with Crippen molar-refractivity contribution >= 4 is 15.7 Å². The van der Waals surface area contributed by atoms with Gasteiger partial charge in [0.05, 0.1) is 10.9 Å². The number of amides is 1. The molecule has 0 aliphatic rings. The molecule has 0 radical (unpaired) electrons. The Labute approximate surface area is 133 Å². The first-order valence-corrected chi connectivity index (χ1v) is 8.73. The van der Waals surface area contributed by atoms with Crippen molar-refractivity contribution in [2.45, 2.75) is 17.9 Å². The van der Waals surface area contributed by atoms with E-state index in [1.165, 1.54) is 31.3 Å². The number of carbonyl (C=O) groups excluding carboxylic acids is 1. The summed E-state index contributed by atoms with van der Waals surface area (Å²) in [5.41, 5.74) is 0.591. The fraction of sp³-hybridized carbons (Fsp3) is 0.267. The number of carbonyl (C=O) groups is 1. The molecule has 0 bridgehead atoms. The average molecular weight is 335 g/mol. The van der Waals surface area contributed by atoms with Gasteiger partial charge in [0.15, 0.2) is 9.84 Å². The van der Waals surface area contributed by atoms with Crippen LogP contribution in [-0.2, 0) is 16.9 Å². The first kappa shape index (κ1) is 16.9. The first-order chi connectivity index (χ1) is 10.7. The van der Waals surface area contributed by atoms with Crippen LogP contribution in [0.25, 0.3) is 0 Å². The van der Waals surface area contributed by atoms with Crippen molar-refractivity contribution in [1.82, 2.24) is 15.1 Å². The highest BCUT2D eigenvalue weighted by Gasteiger charge is 2.14. The predicted molar refractivity (Wildman–Crippen MR) is 84.9 cm³/mol. The van der Waals surface area contributed by atoms with Crippen LogP contribution in [0, 0.1) is 0 Å². The molecule has 1 heterocycles. The van der Waals surface area contributed by atoms with Crippen LogP contribution in [0.2, 0.25) is 0 Å². The summed E-state index contributed by atoms with van der Waals surface area (Å²) in [6.07, 6.45) is 1.14. The molecule has 8 heteroatoms. The van der Waals surface area contributed by atoms with E-state index in [4.69, 9.17) is 0 Å². The maximum Gasteiger partial charge on any atom is 0.272 e. The van der Waals surface area contributed by atoms with E-state index in [1.54, 1.807) is 19.1 Å². The summed E-state index contributed by atoms with van der Waals surface area (Å²) in [5.74, 6) is -0.416.